The number of aliphatic hydroxyl groups excluding tert-OH is 2. The van der Waals surface area contributed by atoms with Gasteiger partial charge < -0.3 is 20.8 Å². The topological polar surface area (TPSA) is 98.7 Å². The fourth-order valence-electron chi connectivity index (χ4n) is 4.28. The number of carbonyl (C=O) groups is 2. The third-order valence-corrected chi connectivity index (χ3v) is 7.35. The monoisotopic (exact) mass is 592 g/mol. The number of hydrogen-bond donors (Lipinski definition) is 4. The first-order chi connectivity index (χ1) is 19.0. The average molecular weight is 593 g/mol. The Kier molecular flexibility index (Phi) is 11.6. The highest BCUT2D eigenvalue weighted by molar-refractivity contribution is 6.42. The van der Waals surface area contributed by atoms with Gasteiger partial charge in [-0.2, -0.15) is 0 Å². The number of aryl methyl sites for hydroxylation is 1. The van der Waals surface area contributed by atoms with Crippen LogP contribution in [-0.4, -0.2) is 46.7 Å². The van der Waals surface area contributed by atoms with Crippen molar-refractivity contribution >= 4 is 34.9 Å². The van der Waals surface area contributed by atoms with Crippen molar-refractivity contribution < 1.29 is 28.6 Å². The van der Waals surface area contributed by atoms with E-state index in [-0.39, 0.29) is 34.1 Å². The minimum atomic E-state index is -1.77. The van der Waals surface area contributed by atoms with Gasteiger partial charge in [0.05, 0.1) is 28.1 Å². The molecular formula is C30H32Cl2F2N2O4. The molecule has 6 nitrogen and oxygen atoms in total. The molecule has 0 bridgehead atoms. The van der Waals surface area contributed by atoms with Gasteiger partial charge in [0.15, 0.2) is 5.78 Å². The van der Waals surface area contributed by atoms with Crippen molar-refractivity contribution in [3.8, 4) is 0 Å². The summed E-state index contributed by atoms with van der Waals surface area (Å²) in [6, 6.07) is 14.0. The van der Waals surface area contributed by atoms with E-state index in [1.54, 1.807) is 0 Å². The van der Waals surface area contributed by atoms with Crippen LogP contribution in [0.3, 0.4) is 0 Å². The minimum Gasteiger partial charge on any atom is -0.390 e. The largest absolute Gasteiger partial charge is 0.390 e. The van der Waals surface area contributed by atoms with Gasteiger partial charge in [-0.25, -0.2) is 8.78 Å². The zero-order chi connectivity index (χ0) is 29.4. The van der Waals surface area contributed by atoms with Gasteiger partial charge in [0.25, 0.3) is 0 Å². The first-order valence-corrected chi connectivity index (χ1v) is 13.6. The van der Waals surface area contributed by atoms with E-state index in [1.165, 1.54) is 25.1 Å². The lowest BCUT2D eigenvalue weighted by atomic mass is 9.93. The molecule has 0 aliphatic carbocycles. The molecule has 4 N–H and O–H groups in total. The molecule has 214 valence electrons. The van der Waals surface area contributed by atoms with Crippen molar-refractivity contribution in [2.75, 3.05) is 6.54 Å². The van der Waals surface area contributed by atoms with Crippen molar-refractivity contribution in [1.82, 2.24) is 10.6 Å². The zero-order valence-electron chi connectivity index (χ0n) is 22.1. The number of ketones is 1. The Bertz CT molecular complexity index is 1320. The van der Waals surface area contributed by atoms with Gasteiger partial charge in [-0.15, -0.1) is 0 Å². The van der Waals surface area contributed by atoms with Crippen molar-refractivity contribution in [3.63, 3.8) is 0 Å². The number of carbonyl (C=O) groups excluding carboxylic acids is 2. The Morgan fingerprint density at radius 1 is 0.900 bits per heavy atom. The molecule has 0 spiro atoms. The summed E-state index contributed by atoms with van der Waals surface area (Å²) in [5.41, 5.74) is 2.53. The molecule has 0 aromatic heterocycles. The van der Waals surface area contributed by atoms with E-state index in [0.29, 0.717) is 6.54 Å². The number of hydrogen-bond acceptors (Lipinski definition) is 5. The minimum absolute atomic E-state index is 0.0347. The predicted molar refractivity (Wildman–Crippen MR) is 151 cm³/mol. The third kappa shape index (κ3) is 8.81. The lowest BCUT2D eigenvalue weighted by Crippen LogP contribution is -2.52. The zero-order valence-corrected chi connectivity index (χ0v) is 23.6. The van der Waals surface area contributed by atoms with Gasteiger partial charge in [0, 0.05) is 24.7 Å². The second-order valence-corrected chi connectivity index (χ2v) is 10.5. The van der Waals surface area contributed by atoms with Crippen molar-refractivity contribution in [2.24, 2.45) is 5.92 Å². The summed E-state index contributed by atoms with van der Waals surface area (Å²) < 4.78 is 27.7. The molecule has 0 fully saturated rings. The van der Waals surface area contributed by atoms with Crippen molar-refractivity contribution in [2.45, 2.75) is 51.5 Å². The number of halogens is 4. The van der Waals surface area contributed by atoms with E-state index in [2.05, 4.69) is 10.6 Å². The van der Waals surface area contributed by atoms with Crippen LogP contribution in [0.4, 0.5) is 8.78 Å². The van der Waals surface area contributed by atoms with E-state index < -0.39 is 47.5 Å². The molecule has 3 aromatic rings. The van der Waals surface area contributed by atoms with Gasteiger partial charge in [-0.3, -0.25) is 9.59 Å². The Morgan fingerprint density at radius 2 is 1.57 bits per heavy atom. The predicted octanol–water partition coefficient (Wildman–Crippen LogP) is 4.89. The molecule has 3 rings (SSSR count). The van der Waals surface area contributed by atoms with E-state index >= 15 is 0 Å². The van der Waals surface area contributed by atoms with E-state index in [0.717, 1.165) is 35.7 Å². The lowest BCUT2D eigenvalue weighted by molar-refractivity contribution is -0.132. The highest BCUT2D eigenvalue weighted by atomic mass is 35.5. The molecule has 0 aliphatic heterocycles. The van der Waals surface area contributed by atoms with Crippen LogP contribution in [-0.2, 0) is 24.2 Å². The molecule has 4 atom stereocenters. The third-order valence-electron chi connectivity index (χ3n) is 6.61. The number of benzene rings is 3. The molecule has 10 heteroatoms. The maximum atomic E-state index is 13.8. The summed E-state index contributed by atoms with van der Waals surface area (Å²) in [5, 5.41) is 27.7. The van der Waals surface area contributed by atoms with Gasteiger partial charge in [-0.1, -0.05) is 61.3 Å². The van der Waals surface area contributed by atoms with Crippen molar-refractivity contribution in [3.05, 3.63) is 105 Å². The van der Waals surface area contributed by atoms with Gasteiger partial charge in [0.2, 0.25) is 5.91 Å². The van der Waals surface area contributed by atoms with Crippen LogP contribution in [0.15, 0.2) is 60.7 Å². The standard InChI is InChI=1S/C30H32Cl2F2N2O4/c1-3-18-5-4-6-19(9-18)15-35-16-27(37)26(12-20-10-22(33)14-23(34)11-20)36-30(40)29(39)17(2)28(38)21-7-8-24(31)25(32)13-21/h4-11,13-14,17,26-27,29,35,37,39H,3,12,15-16H2,1-2H3,(H,36,40)/t17?,26-,27-,29?/m0/s1. The normalized spacial score (nSPS) is 14.3. The SMILES string of the molecule is CCc1cccc(CNC[C@H](O)[C@H](Cc2cc(F)cc(F)c2)NC(=O)C(O)C(C)C(=O)c2ccc(Cl)c(Cl)c2)c1. The second kappa shape index (κ2) is 14.7. The fraction of sp³-hybridized carbons (Fsp3) is 0.333. The van der Waals surface area contributed by atoms with Gasteiger partial charge in [-0.05, 0) is 59.9 Å². The van der Waals surface area contributed by atoms with Crippen LogP contribution in [0, 0.1) is 17.6 Å². The molecule has 0 saturated carbocycles. The Labute approximate surface area is 242 Å². The van der Waals surface area contributed by atoms with E-state index in [1.807, 2.05) is 31.2 Å². The van der Waals surface area contributed by atoms with Crippen LogP contribution in [0.2, 0.25) is 10.0 Å². The smallest absolute Gasteiger partial charge is 0.249 e. The van der Waals surface area contributed by atoms with Crippen molar-refractivity contribution in [1.29, 1.82) is 0 Å². The molecule has 0 saturated heterocycles. The number of amides is 1. The second-order valence-electron chi connectivity index (χ2n) is 9.70. The first kappa shape index (κ1) is 31.6. The van der Waals surface area contributed by atoms with Gasteiger partial charge in [0.1, 0.15) is 17.7 Å². The fourth-order valence-corrected chi connectivity index (χ4v) is 4.58. The number of aliphatic hydroxyl groups is 2. The lowest BCUT2D eigenvalue weighted by Gasteiger charge is -2.27. The molecule has 0 aliphatic rings. The number of nitrogens with one attached hydrogen (secondary N) is 2. The number of Topliss-reactive ketones (excluding diaryl/α,β-unsaturated/α-hetero) is 1. The highest BCUT2D eigenvalue weighted by Gasteiger charge is 2.32. The Hall–Kier alpha value is -2.88. The molecular weight excluding hydrogens is 561 g/mol. The summed E-state index contributed by atoms with van der Waals surface area (Å²) >= 11 is 11.9. The summed E-state index contributed by atoms with van der Waals surface area (Å²) in [6.07, 6.45) is -2.22. The number of rotatable bonds is 13. The van der Waals surface area contributed by atoms with Crippen LogP contribution in [0.25, 0.3) is 0 Å². The average Bonchev–Trinajstić information content (AvgIpc) is 2.92. The molecule has 2 unspecified atom stereocenters. The van der Waals surface area contributed by atoms with E-state index in [9.17, 15) is 28.6 Å². The maximum Gasteiger partial charge on any atom is 0.249 e. The summed E-state index contributed by atoms with van der Waals surface area (Å²) in [4.78, 5) is 25.9. The van der Waals surface area contributed by atoms with Crippen LogP contribution in [0.1, 0.15) is 40.9 Å². The Morgan fingerprint density at radius 3 is 2.23 bits per heavy atom. The first-order valence-electron chi connectivity index (χ1n) is 12.9. The molecule has 0 radical (unpaired) electrons. The quantitative estimate of drug-likeness (QED) is 0.212. The summed E-state index contributed by atoms with van der Waals surface area (Å²) in [6.45, 7) is 3.91. The molecule has 3 aromatic carbocycles. The highest BCUT2D eigenvalue weighted by Crippen LogP contribution is 2.24. The van der Waals surface area contributed by atoms with E-state index in [4.69, 9.17) is 23.2 Å². The van der Waals surface area contributed by atoms with Crippen LogP contribution in [0.5, 0.6) is 0 Å². The van der Waals surface area contributed by atoms with Crippen LogP contribution >= 0.6 is 23.2 Å². The molecule has 40 heavy (non-hydrogen) atoms. The maximum absolute atomic E-state index is 13.8. The Balaban J connectivity index is 1.72. The van der Waals surface area contributed by atoms with Gasteiger partial charge >= 0.3 is 0 Å². The molecule has 1 amide bonds. The van der Waals surface area contributed by atoms with Crippen LogP contribution < -0.4 is 10.6 Å². The molecule has 0 heterocycles. The summed E-state index contributed by atoms with van der Waals surface area (Å²) in [7, 11) is 0. The summed E-state index contributed by atoms with van der Waals surface area (Å²) in [5.74, 6) is -4.22.